The maximum Gasteiger partial charge on any atom is 0.305 e. The highest BCUT2D eigenvalue weighted by Crippen LogP contribution is 2.18. The predicted molar refractivity (Wildman–Crippen MR) is 91.5 cm³/mol. The quantitative estimate of drug-likeness (QED) is 0.263. The number of esters is 1. The van der Waals surface area contributed by atoms with Crippen molar-refractivity contribution in [1.82, 2.24) is 0 Å². The third-order valence-corrected chi connectivity index (χ3v) is 4.36. The molecule has 21 heavy (non-hydrogen) atoms. The zero-order chi connectivity index (χ0) is 15.8. The topological polar surface area (TPSA) is 26.3 Å². The maximum atomic E-state index is 10.9. The summed E-state index contributed by atoms with van der Waals surface area (Å²) >= 11 is 0. The Kier molecular flexibility index (Phi) is 15.5. The SMILES string of the molecule is CCCCCCCC(C)CCCCCCCCC(=O)OC. The summed E-state index contributed by atoms with van der Waals surface area (Å²) in [6.45, 7) is 4.69. The summed E-state index contributed by atoms with van der Waals surface area (Å²) in [6, 6.07) is 0. The number of unbranched alkanes of at least 4 members (excludes halogenated alkanes) is 9. The molecular weight excluding hydrogens is 260 g/mol. The minimum atomic E-state index is -0.0669. The van der Waals surface area contributed by atoms with Crippen molar-refractivity contribution >= 4 is 5.97 Å². The highest BCUT2D eigenvalue weighted by atomic mass is 16.5. The Morgan fingerprint density at radius 2 is 1.29 bits per heavy atom. The van der Waals surface area contributed by atoms with Gasteiger partial charge in [-0.25, -0.2) is 0 Å². The summed E-state index contributed by atoms with van der Waals surface area (Å²) in [5.41, 5.74) is 0. The Morgan fingerprint density at radius 3 is 1.81 bits per heavy atom. The van der Waals surface area contributed by atoms with Gasteiger partial charge in [-0.1, -0.05) is 90.9 Å². The summed E-state index contributed by atoms with van der Waals surface area (Å²) in [4.78, 5) is 10.9. The molecular formula is C19H38O2. The molecule has 0 rings (SSSR count). The van der Waals surface area contributed by atoms with Crippen molar-refractivity contribution in [3.63, 3.8) is 0 Å². The molecule has 0 aliphatic carbocycles. The second-order valence-corrected chi connectivity index (χ2v) is 6.54. The number of hydrogen-bond donors (Lipinski definition) is 0. The average molecular weight is 299 g/mol. The molecule has 1 unspecified atom stereocenters. The zero-order valence-electron chi connectivity index (χ0n) is 14.8. The van der Waals surface area contributed by atoms with Crippen LogP contribution in [-0.2, 0) is 9.53 Å². The van der Waals surface area contributed by atoms with E-state index in [9.17, 15) is 4.79 Å². The van der Waals surface area contributed by atoms with Crippen LogP contribution in [0.2, 0.25) is 0 Å². The minimum absolute atomic E-state index is 0.0669. The van der Waals surface area contributed by atoms with Crippen LogP contribution in [0.4, 0.5) is 0 Å². The van der Waals surface area contributed by atoms with Crippen molar-refractivity contribution in [2.75, 3.05) is 7.11 Å². The first kappa shape index (κ1) is 20.5. The summed E-state index contributed by atoms with van der Waals surface area (Å²) in [5, 5.41) is 0. The van der Waals surface area contributed by atoms with Gasteiger partial charge in [0.05, 0.1) is 7.11 Å². The second kappa shape index (κ2) is 15.9. The molecule has 0 spiro atoms. The Bertz CT molecular complexity index is 226. The van der Waals surface area contributed by atoms with Crippen LogP contribution in [0.25, 0.3) is 0 Å². The molecule has 0 amide bonds. The summed E-state index contributed by atoms with van der Waals surface area (Å²) in [6.07, 6.45) is 17.9. The summed E-state index contributed by atoms with van der Waals surface area (Å²) < 4.78 is 4.64. The molecule has 2 nitrogen and oxygen atoms in total. The molecule has 0 saturated carbocycles. The third kappa shape index (κ3) is 15.7. The molecule has 0 aliphatic heterocycles. The van der Waals surface area contributed by atoms with Crippen LogP contribution >= 0.6 is 0 Å². The largest absolute Gasteiger partial charge is 0.469 e. The molecule has 0 aromatic heterocycles. The van der Waals surface area contributed by atoms with Crippen molar-refractivity contribution in [2.24, 2.45) is 5.92 Å². The van der Waals surface area contributed by atoms with E-state index in [0.717, 1.165) is 12.3 Å². The van der Waals surface area contributed by atoms with Crippen LogP contribution in [0, 0.1) is 5.92 Å². The van der Waals surface area contributed by atoms with Gasteiger partial charge in [0.25, 0.3) is 0 Å². The molecule has 0 saturated heterocycles. The van der Waals surface area contributed by atoms with Crippen molar-refractivity contribution in [3.05, 3.63) is 0 Å². The molecule has 0 aliphatic rings. The smallest absolute Gasteiger partial charge is 0.305 e. The van der Waals surface area contributed by atoms with Gasteiger partial charge < -0.3 is 4.74 Å². The van der Waals surface area contributed by atoms with Gasteiger partial charge in [-0.15, -0.1) is 0 Å². The van der Waals surface area contributed by atoms with Gasteiger partial charge >= 0.3 is 5.97 Å². The predicted octanol–water partition coefficient (Wildman–Crippen LogP) is 6.28. The molecule has 0 bridgehead atoms. The van der Waals surface area contributed by atoms with Crippen LogP contribution in [0.1, 0.15) is 104 Å². The molecule has 0 fully saturated rings. The van der Waals surface area contributed by atoms with Gasteiger partial charge in [-0.2, -0.15) is 0 Å². The molecule has 0 N–H and O–H groups in total. The van der Waals surface area contributed by atoms with Crippen LogP contribution < -0.4 is 0 Å². The van der Waals surface area contributed by atoms with E-state index in [1.807, 2.05) is 0 Å². The van der Waals surface area contributed by atoms with Crippen LogP contribution in [0.3, 0.4) is 0 Å². The first-order chi connectivity index (χ1) is 10.2. The van der Waals surface area contributed by atoms with E-state index < -0.39 is 0 Å². The Hall–Kier alpha value is -0.530. The average Bonchev–Trinajstić information content (AvgIpc) is 2.49. The Morgan fingerprint density at radius 1 is 0.810 bits per heavy atom. The lowest BCUT2D eigenvalue weighted by atomic mass is 9.96. The molecule has 126 valence electrons. The van der Waals surface area contributed by atoms with E-state index in [0.29, 0.717) is 6.42 Å². The van der Waals surface area contributed by atoms with Gasteiger partial charge in [0.15, 0.2) is 0 Å². The molecule has 0 aromatic rings. The molecule has 0 heterocycles. The lowest BCUT2D eigenvalue weighted by Gasteiger charge is -2.10. The Labute approximate surface area is 133 Å². The monoisotopic (exact) mass is 298 g/mol. The van der Waals surface area contributed by atoms with Gasteiger partial charge in [-0.3, -0.25) is 4.79 Å². The number of carbonyl (C=O) groups excluding carboxylic acids is 1. The highest BCUT2D eigenvalue weighted by molar-refractivity contribution is 5.68. The fourth-order valence-electron chi connectivity index (χ4n) is 2.81. The van der Waals surface area contributed by atoms with Crippen molar-refractivity contribution in [3.8, 4) is 0 Å². The fraction of sp³-hybridized carbons (Fsp3) is 0.947. The number of carbonyl (C=O) groups is 1. The van der Waals surface area contributed by atoms with E-state index in [1.54, 1.807) is 0 Å². The molecule has 0 aromatic carbocycles. The number of ether oxygens (including phenoxy) is 1. The van der Waals surface area contributed by atoms with E-state index in [2.05, 4.69) is 18.6 Å². The Balaban J connectivity index is 3.17. The summed E-state index contributed by atoms with van der Waals surface area (Å²) in [7, 11) is 1.47. The summed E-state index contributed by atoms with van der Waals surface area (Å²) in [5.74, 6) is 0.841. The van der Waals surface area contributed by atoms with Gasteiger partial charge in [0, 0.05) is 6.42 Å². The van der Waals surface area contributed by atoms with E-state index >= 15 is 0 Å². The number of methoxy groups -OCH3 is 1. The van der Waals surface area contributed by atoms with Crippen molar-refractivity contribution < 1.29 is 9.53 Å². The van der Waals surface area contributed by atoms with E-state index in [-0.39, 0.29) is 5.97 Å². The minimum Gasteiger partial charge on any atom is -0.469 e. The van der Waals surface area contributed by atoms with Crippen LogP contribution in [0.15, 0.2) is 0 Å². The van der Waals surface area contributed by atoms with Gasteiger partial charge in [0.1, 0.15) is 0 Å². The number of hydrogen-bond acceptors (Lipinski definition) is 2. The zero-order valence-corrected chi connectivity index (χ0v) is 14.8. The lowest BCUT2D eigenvalue weighted by molar-refractivity contribution is -0.140. The maximum absolute atomic E-state index is 10.9. The number of rotatable bonds is 15. The van der Waals surface area contributed by atoms with Crippen molar-refractivity contribution in [1.29, 1.82) is 0 Å². The molecule has 0 radical (unpaired) electrons. The molecule has 1 atom stereocenters. The molecule has 2 heteroatoms. The fourth-order valence-corrected chi connectivity index (χ4v) is 2.81. The highest BCUT2D eigenvalue weighted by Gasteiger charge is 2.02. The standard InChI is InChI=1S/C19H38O2/c1-4-5-6-9-12-15-18(2)16-13-10-7-8-11-14-17-19(20)21-3/h18H,4-17H2,1-3H3. The first-order valence-electron chi connectivity index (χ1n) is 9.27. The van der Waals surface area contributed by atoms with E-state index in [1.165, 1.54) is 84.2 Å². The normalized spacial score (nSPS) is 12.3. The lowest BCUT2D eigenvalue weighted by Crippen LogP contribution is -1.99. The first-order valence-corrected chi connectivity index (χ1v) is 9.27. The third-order valence-electron chi connectivity index (χ3n) is 4.36. The van der Waals surface area contributed by atoms with E-state index in [4.69, 9.17) is 0 Å². The van der Waals surface area contributed by atoms with Crippen LogP contribution in [-0.4, -0.2) is 13.1 Å². The van der Waals surface area contributed by atoms with Gasteiger partial charge in [-0.05, 0) is 12.3 Å². The second-order valence-electron chi connectivity index (χ2n) is 6.54. The van der Waals surface area contributed by atoms with Gasteiger partial charge in [0.2, 0.25) is 0 Å². The van der Waals surface area contributed by atoms with Crippen molar-refractivity contribution in [2.45, 2.75) is 104 Å². The van der Waals surface area contributed by atoms with Crippen LogP contribution in [0.5, 0.6) is 0 Å².